The number of rotatable bonds is 6. The number of carbonyl (C=O) groups excluding carboxylic acids is 2. The van der Waals surface area contributed by atoms with E-state index in [0.29, 0.717) is 36.2 Å². The predicted molar refractivity (Wildman–Crippen MR) is 146 cm³/mol. The van der Waals surface area contributed by atoms with Crippen LogP contribution in [-0.2, 0) is 16.1 Å². The summed E-state index contributed by atoms with van der Waals surface area (Å²) in [5.41, 5.74) is 2.50. The molecule has 1 aromatic heterocycles. The molecular weight excluding hydrogens is 533 g/mol. The summed E-state index contributed by atoms with van der Waals surface area (Å²) in [5, 5.41) is 26.4. The highest BCUT2D eigenvalue weighted by molar-refractivity contribution is 7.10. The molecule has 1 saturated heterocycles. The second kappa shape index (κ2) is 12.5. The number of hydrogen-bond donors (Lipinski definition) is 3. The third-order valence-corrected chi connectivity index (χ3v) is 7.40. The maximum absolute atomic E-state index is 12.7. The second-order valence-electron chi connectivity index (χ2n) is 8.43. The smallest absolute Gasteiger partial charge is 0.254 e. The summed E-state index contributed by atoms with van der Waals surface area (Å²) in [5.74, 6) is 4.59. The molecule has 2 aromatic carbocycles. The van der Waals surface area contributed by atoms with Crippen molar-refractivity contribution >= 4 is 52.0 Å². The Morgan fingerprint density at radius 2 is 1.62 bits per heavy atom. The molecule has 10 heteroatoms. The third kappa shape index (κ3) is 7.04. The first kappa shape index (κ1) is 27.0. The van der Waals surface area contributed by atoms with E-state index in [-0.39, 0.29) is 6.54 Å². The fourth-order valence-electron chi connectivity index (χ4n) is 3.84. The minimum absolute atomic E-state index is 0.139. The van der Waals surface area contributed by atoms with Crippen molar-refractivity contribution in [2.24, 2.45) is 0 Å². The summed E-state index contributed by atoms with van der Waals surface area (Å²) in [4.78, 5) is 29.4. The van der Waals surface area contributed by atoms with E-state index in [9.17, 15) is 19.8 Å². The summed E-state index contributed by atoms with van der Waals surface area (Å²) in [7, 11) is 0. The maximum atomic E-state index is 12.7. The van der Waals surface area contributed by atoms with E-state index < -0.39 is 24.0 Å². The van der Waals surface area contributed by atoms with Crippen LogP contribution in [0.25, 0.3) is 0 Å². The van der Waals surface area contributed by atoms with Gasteiger partial charge in [-0.1, -0.05) is 47.2 Å². The average Bonchev–Trinajstić information content (AvgIpc) is 3.38. The van der Waals surface area contributed by atoms with E-state index in [1.165, 1.54) is 16.2 Å². The molecule has 0 unspecified atom stereocenters. The highest BCUT2D eigenvalue weighted by atomic mass is 35.5. The van der Waals surface area contributed by atoms with Gasteiger partial charge in [0.15, 0.2) is 12.2 Å². The van der Waals surface area contributed by atoms with Crippen molar-refractivity contribution in [1.29, 1.82) is 0 Å². The molecule has 1 aliphatic rings. The van der Waals surface area contributed by atoms with Crippen LogP contribution in [-0.4, -0.2) is 65.3 Å². The van der Waals surface area contributed by atoms with E-state index in [0.717, 1.165) is 21.7 Å². The van der Waals surface area contributed by atoms with Gasteiger partial charge >= 0.3 is 0 Å². The van der Waals surface area contributed by atoms with Crippen molar-refractivity contribution < 1.29 is 19.8 Å². The molecule has 0 saturated carbocycles. The number of piperazine rings is 1. The average molecular weight is 558 g/mol. The van der Waals surface area contributed by atoms with Crippen molar-refractivity contribution in [3.63, 3.8) is 0 Å². The zero-order valence-corrected chi connectivity index (χ0v) is 22.1. The maximum Gasteiger partial charge on any atom is 0.254 e. The fourth-order valence-corrected chi connectivity index (χ4v) is 4.97. The van der Waals surface area contributed by atoms with Crippen molar-refractivity contribution in [3.05, 3.63) is 86.0 Å². The molecule has 0 bridgehead atoms. The number of halogens is 2. The molecular formula is C27H25Cl2N3O4S. The Labute approximate surface area is 229 Å². The highest BCUT2D eigenvalue weighted by Gasteiger charge is 2.34. The minimum atomic E-state index is -1.88. The van der Waals surface area contributed by atoms with Crippen LogP contribution in [0.5, 0.6) is 0 Å². The normalized spacial score (nSPS) is 14.9. The molecule has 3 aromatic rings. The number of thiophene rings is 1. The molecule has 3 N–H and O–H groups in total. The van der Waals surface area contributed by atoms with E-state index in [2.05, 4.69) is 22.1 Å². The van der Waals surface area contributed by atoms with Crippen LogP contribution in [0, 0.1) is 11.8 Å². The van der Waals surface area contributed by atoms with Gasteiger partial charge in [-0.3, -0.25) is 9.59 Å². The number of nitrogens with one attached hydrogen (secondary N) is 1. The SMILES string of the molecule is O=C(NCc1cc(C#Cc2ccc(Cl)cc2)cs1)[C@H](O)[C@@H](O)C(=O)N1CCN(c2ccccc2Cl)CC1. The van der Waals surface area contributed by atoms with Gasteiger partial charge in [0.2, 0.25) is 0 Å². The largest absolute Gasteiger partial charge is 0.380 e. The first-order chi connectivity index (χ1) is 17.8. The first-order valence-electron chi connectivity index (χ1n) is 11.6. The van der Waals surface area contributed by atoms with E-state index >= 15 is 0 Å². The predicted octanol–water partition coefficient (Wildman–Crippen LogP) is 3.14. The third-order valence-electron chi connectivity index (χ3n) is 5.89. The Bertz CT molecular complexity index is 1310. The van der Waals surface area contributed by atoms with Crippen molar-refractivity contribution in [1.82, 2.24) is 10.2 Å². The fraction of sp³-hybridized carbons (Fsp3) is 0.259. The van der Waals surface area contributed by atoms with Gasteiger partial charge in [0.25, 0.3) is 11.8 Å². The molecule has 4 rings (SSSR count). The first-order valence-corrected chi connectivity index (χ1v) is 13.2. The van der Waals surface area contributed by atoms with Crippen LogP contribution >= 0.6 is 34.5 Å². The molecule has 192 valence electrons. The van der Waals surface area contributed by atoms with Gasteiger partial charge in [-0.25, -0.2) is 0 Å². The Morgan fingerprint density at radius 3 is 2.32 bits per heavy atom. The topological polar surface area (TPSA) is 93.1 Å². The molecule has 0 radical (unpaired) electrons. The number of nitrogens with zero attached hydrogens (tertiary/aromatic N) is 2. The standard InChI is InChI=1S/C27H25Cl2N3O4S/c28-20-9-7-18(8-10-20)5-6-19-15-21(37-17-19)16-30-26(35)24(33)25(34)27(36)32-13-11-31(12-14-32)23-4-2-1-3-22(23)29/h1-4,7-10,15,17,24-25,33-34H,11-14,16H2,(H,30,35)/t24-,25-/m1/s1. The van der Waals surface area contributed by atoms with Crippen LogP contribution in [0.4, 0.5) is 5.69 Å². The number of anilines is 1. The number of hydrogen-bond acceptors (Lipinski definition) is 6. The molecule has 1 fully saturated rings. The zero-order valence-electron chi connectivity index (χ0n) is 19.7. The number of benzene rings is 2. The van der Waals surface area contributed by atoms with Crippen molar-refractivity contribution in [3.8, 4) is 11.8 Å². The van der Waals surface area contributed by atoms with E-state index in [4.69, 9.17) is 23.2 Å². The van der Waals surface area contributed by atoms with Crippen LogP contribution in [0.1, 0.15) is 16.0 Å². The Balaban J connectivity index is 1.25. The van der Waals surface area contributed by atoms with Gasteiger partial charge in [0.1, 0.15) is 0 Å². The number of para-hydroxylation sites is 1. The molecule has 7 nitrogen and oxygen atoms in total. The summed E-state index contributed by atoms with van der Waals surface area (Å²) in [6.45, 7) is 1.85. The Kier molecular flexibility index (Phi) is 9.09. The monoisotopic (exact) mass is 557 g/mol. The molecule has 2 atom stereocenters. The van der Waals surface area contributed by atoms with Gasteiger partial charge < -0.3 is 25.3 Å². The lowest BCUT2D eigenvalue weighted by atomic mass is 10.1. The lowest BCUT2D eigenvalue weighted by Gasteiger charge is -2.37. The van der Waals surface area contributed by atoms with E-state index in [1.54, 1.807) is 18.2 Å². The van der Waals surface area contributed by atoms with Gasteiger partial charge in [0.05, 0.1) is 17.3 Å². The van der Waals surface area contributed by atoms with Gasteiger partial charge in [0, 0.05) is 52.6 Å². The Hall–Kier alpha value is -3.06. The number of aliphatic hydroxyl groups excluding tert-OH is 2. The summed E-state index contributed by atoms with van der Waals surface area (Å²) >= 11 is 13.5. The lowest BCUT2D eigenvalue weighted by Crippen LogP contribution is -2.55. The molecule has 2 heterocycles. The van der Waals surface area contributed by atoms with Crippen LogP contribution in [0.15, 0.2) is 60.0 Å². The van der Waals surface area contributed by atoms with Gasteiger partial charge in [-0.05, 0) is 42.5 Å². The summed E-state index contributed by atoms with van der Waals surface area (Å²) in [6.07, 6.45) is -3.73. The molecule has 2 amide bonds. The lowest BCUT2D eigenvalue weighted by molar-refractivity contribution is -0.153. The Morgan fingerprint density at radius 1 is 0.946 bits per heavy atom. The summed E-state index contributed by atoms with van der Waals surface area (Å²) < 4.78 is 0. The van der Waals surface area contributed by atoms with Crippen molar-refractivity contribution in [2.75, 3.05) is 31.1 Å². The van der Waals surface area contributed by atoms with Gasteiger partial charge in [-0.15, -0.1) is 11.3 Å². The molecule has 0 aliphatic carbocycles. The van der Waals surface area contributed by atoms with Gasteiger partial charge in [-0.2, -0.15) is 0 Å². The molecule has 37 heavy (non-hydrogen) atoms. The summed E-state index contributed by atoms with van der Waals surface area (Å²) in [6, 6.07) is 16.5. The van der Waals surface area contributed by atoms with Crippen LogP contribution in [0.2, 0.25) is 10.0 Å². The quantitative estimate of drug-likeness (QED) is 0.405. The van der Waals surface area contributed by atoms with E-state index in [1.807, 2.05) is 41.8 Å². The minimum Gasteiger partial charge on any atom is -0.380 e. The highest BCUT2D eigenvalue weighted by Crippen LogP contribution is 2.26. The number of carbonyl (C=O) groups is 2. The van der Waals surface area contributed by atoms with Crippen molar-refractivity contribution in [2.45, 2.75) is 18.8 Å². The van der Waals surface area contributed by atoms with Crippen LogP contribution in [0.3, 0.4) is 0 Å². The second-order valence-corrected chi connectivity index (χ2v) is 10.3. The zero-order chi connectivity index (χ0) is 26.4. The van der Waals surface area contributed by atoms with Crippen LogP contribution < -0.4 is 10.2 Å². The molecule has 1 aliphatic heterocycles. The number of amides is 2. The number of aliphatic hydroxyl groups is 2. The molecule has 0 spiro atoms.